The van der Waals surface area contributed by atoms with Crippen LogP contribution in [0.15, 0.2) is 0 Å². The van der Waals surface area contributed by atoms with E-state index in [2.05, 4.69) is 13.8 Å². The van der Waals surface area contributed by atoms with Crippen LogP contribution >= 0.6 is 0 Å². The summed E-state index contributed by atoms with van der Waals surface area (Å²) in [6.07, 6.45) is -5.17. The monoisotopic (exact) mass is 126 g/mol. The number of hydrogen-bond acceptors (Lipinski definition) is 0. The van der Waals surface area contributed by atoms with E-state index in [0.29, 0.717) is 0 Å². The number of hydrogen-bond donors (Lipinski definition) is 0. The van der Waals surface area contributed by atoms with Crippen molar-refractivity contribution in [2.24, 2.45) is 0 Å². The van der Waals surface area contributed by atoms with Gasteiger partial charge in [-0.1, -0.05) is 0 Å². The molecule has 0 saturated heterocycles. The van der Waals surface area contributed by atoms with Crippen LogP contribution < -0.4 is 0 Å². The van der Waals surface area contributed by atoms with Crippen molar-refractivity contribution in [3.05, 3.63) is 13.8 Å². The van der Waals surface area contributed by atoms with Gasteiger partial charge in [-0.2, -0.15) is 13.2 Å². The van der Waals surface area contributed by atoms with Crippen LogP contribution in [0.4, 0.5) is 17.6 Å². The highest BCUT2D eigenvalue weighted by atomic mass is 19.4. The normalized spacial score (nSPS) is 14.2. The Morgan fingerprint density at radius 2 is 1.00 bits per heavy atom. The molecule has 0 aliphatic carbocycles. The van der Waals surface area contributed by atoms with Crippen LogP contribution in [0, 0.1) is 13.8 Å². The second-order valence-corrected chi connectivity index (χ2v) is 1.27. The van der Waals surface area contributed by atoms with E-state index in [-0.39, 0.29) is 0 Å². The summed E-state index contributed by atoms with van der Waals surface area (Å²) in [6.45, 7) is 7.60. The van der Waals surface area contributed by atoms with Crippen LogP contribution in [0.2, 0.25) is 0 Å². The third-order valence-electron chi connectivity index (χ3n) is 0.434. The van der Waals surface area contributed by atoms with E-state index in [9.17, 15) is 17.6 Å². The van der Waals surface area contributed by atoms with Crippen LogP contribution in [-0.4, -0.2) is 11.8 Å². The summed E-state index contributed by atoms with van der Waals surface area (Å²) >= 11 is 0. The summed E-state index contributed by atoms with van der Waals surface area (Å²) in [5, 5.41) is 0. The van der Waals surface area contributed by atoms with Gasteiger partial charge in [0.25, 0.3) is 0 Å². The van der Waals surface area contributed by atoms with E-state index in [0.717, 1.165) is 0 Å². The van der Waals surface area contributed by atoms with Gasteiger partial charge in [-0.05, 0) is 0 Å². The minimum atomic E-state index is -5.17. The van der Waals surface area contributed by atoms with Crippen LogP contribution in [-0.2, 0) is 0 Å². The highest BCUT2D eigenvalue weighted by molar-refractivity contribution is 4.91. The molecule has 0 aliphatic heterocycles. The summed E-state index contributed by atoms with van der Waals surface area (Å²) in [5.74, 6) is 0. The molecule has 0 aromatic heterocycles. The molecule has 0 rings (SSSR count). The first-order valence-electron chi connectivity index (χ1n) is 1.58. The molecule has 0 heterocycles. The van der Waals surface area contributed by atoms with Crippen molar-refractivity contribution < 1.29 is 17.6 Å². The van der Waals surface area contributed by atoms with E-state index in [1.54, 1.807) is 0 Å². The Kier molecular flexibility index (Phi) is 1.54. The zero-order valence-electron chi connectivity index (χ0n) is 3.67. The molecule has 4 radical (unpaired) electrons. The van der Waals surface area contributed by atoms with Crippen LogP contribution in [0.1, 0.15) is 0 Å². The van der Waals surface area contributed by atoms with Gasteiger partial charge in [0.05, 0.1) is 0 Å². The molecular formula is C4H2F4. The van der Waals surface area contributed by atoms with Gasteiger partial charge >= 0.3 is 6.18 Å². The predicted octanol–water partition coefficient (Wildman–Crippen LogP) is 1.68. The standard InChI is InChI=1S/C4H2F4/c1-3(2,5)4(6,7)8/h1-2H. The quantitative estimate of drug-likeness (QED) is 0.433. The van der Waals surface area contributed by atoms with Crippen LogP contribution in [0.25, 0.3) is 0 Å². The summed E-state index contributed by atoms with van der Waals surface area (Å²) < 4.78 is 44.1. The van der Waals surface area contributed by atoms with Crippen molar-refractivity contribution in [3.63, 3.8) is 0 Å². The highest BCUT2D eigenvalue weighted by Crippen LogP contribution is 2.31. The first kappa shape index (κ1) is 7.72. The van der Waals surface area contributed by atoms with Gasteiger partial charge in [-0.25, -0.2) is 4.39 Å². The number of rotatable bonds is 0. The minimum Gasteiger partial charge on any atom is -0.233 e. The number of halogens is 4. The molecule has 0 spiro atoms. The van der Waals surface area contributed by atoms with E-state index < -0.39 is 11.8 Å². The summed E-state index contributed by atoms with van der Waals surface area (Å²) in [5.41, 5.74) is -4.06. The van der Waals surface area contributed by atoms with Crippen LogP contribution in [0.3, 0.4) is 0 Å². The average Bonchev–Trinajstić information content (AvgIpc) is 1.25. The van der Waals surface area contributed by atoms with Gasteiger partial charge in [0, 0.05) is 13.8 Å². The molecule has 0 fully saturated rings. The Balaban J connectivity index is 4.02. The van der Waals surface area contributed by atoms with Gasteiger partial charge in [0.15, 0.2) is 0 Å². The molecule has 4 heteroatoms. The Morgan fingerprint density at radius 3 is 1.00 bits per heavy atom. The van der Waals surface area contributed by atoms with Crippen molar-refractivity contribution in [1.82, 2.24) is 0 Å². The van der Waals surface area contributed by atoms with Crippen molar-refractivity contribution in [2.75, 3.05) is 0 Å². The largest absolute Gasteiger partial charge is 0.423 e. The molecular weight excluding hydrogens is 124 g/mol. The lowest BCUT2D eigenvalue weighted by molar-refractivity contribution is -0.197. The molecule has 0 nitrogen and oxygen atoms in total. The topological polar surface area (TPSA) is 0 Å². The second-order valence-electron chi connectivity index (χ2n) is 1.27. The molecule has 0 amide bonds. The Morgan fingerprint density at radius 1 is 0.875 bits per heavy atom. The number of alkyl halides is 4. The fourth-order valence-electron chi connectivity index (χ4n) is 0. The SMILES string of the molecule is [CH]C([CH])(F)C(F)(F)F. The summed E-state index contributed by atoms with van der Waals surface area (Å²) in [6, 6.07) is 0. The summed E-state index contributed by atoms with van der Waals surface area (Å²) in [4.78, 5) is 0. The fourth-order valence-corrected chi connectivity index (χ4v) is 0. The second kappa shape index (κ2) is 1.60. The molecule has 0 bridgehead atoms. The zero-order chi connectivity index (χ0) is 7.00. The van der Waals surface area contributed by atoms with Crippen molar-refractivity contribution in [1.29, 1.82) is 0 Å². The molecule has 8 heavy (non-hydrogen) atoms. The van der Waals surface area contributed by atoms with Gasteiger partial charge in [-0.3, -0.25) is 0 Å². The molecule has 0 saturated carbocycles. The maximum Gasteiger partial charge on any atom is 0.423 e. The predicted molar refractivity (Wildman–Crippen MR) is 18.5 cm³/mol. The minimum absolute atomic E-state index is 3.80. The maximum atomic E-state index is 11.3. The van der Waals surface area contributed by atoms with Crippen molar-refractivity contribution >= 4 is 0 Å². The van der Waals surface area contributed by atoms with Gasteiger partial charge < -0.3 is 0 Å². The maximum absolute atomic E-state index is 11.3. The first-order valence-corrected chi connectivity index (χ1v) is 1.58. The Hall–Kier alpha value is -0.280. The lowest BCUT2D eigenvalue weighted by Crippen LogP contribution is -2.34. The Labute approximate surface area is 44.5 Å². The third-order valence-corrected chi connectivity index (χ3v) is 0.434. The lowest BCUT2D eigenvalue weighted by Gasteiger charge is -2.16. The highest BCUT2D eigenvalue weighted by Gasteiger charge is 2.48. The van der Waals surface area contributed by atoms with Crippen LogP contribution in [0.5, 0.6) is 0 Å². The van der Waals surface area contributed by atoms with Gasteiger partial charge in [0.1, 0.15) is 0 Å². The van der Waals surface area contributed by atoms with Gasteiger partial charge in [-0.15, -0.1) is 0 Å². The van der Waals surface area contributed by atoms with E-state index in [1.807, 2.05) is 0 Å². The van der Waals surface area contributed by atoms with Crippen molar-refractivity contribution in [3.8, 4) is 0 Å². The molecule has 0 aromatic carbocycles. The molecule has 46 valence electrons. The molecule has 0 unspecified atom stereocenters. The van der Waals surface area contributed by atoms with Gasteiger partial charge in [0.2, 0.25) is 5.67 Å². The average molecular weight is 126 g/mol. The third kappa shape index (κ3) is 1.68. The first-order chi connectivity index (χ1) is 3.25. The Bertz CT molecular complexity index is 63.0. The summed E-state index contributed by atoms with van der Waals surface area (Å²) in [7, 11) is 0. The molecule has 0 aliphatic rings. The smallest absolute Gasteiger partial charge is 0.233 e. The lowest BCUT2D eigenvalue weighted by atomic mass is 10.2. The van der Waals surface area contributed by atoms with E-state index >= 15 is 0 Å². The molecule has 0 atom stereocenters. The van der Waals surface area contributed by atoms with E-state index in [4.69, 9.17) is 0 Å². The van der Waals surface area contributed by atoms with E-state index in [1.165, 1.54) is 0 Å². The molecule has 0 aromatic rings. The molecule has 0 N–H and O–H groups in total. The zero-order valence-corrected chi connectivity index (χ0v) is 3.67. The van der Waals surface area contributed by atoms with Crippen molar-refractivity contribution in [2.45, 2.75) is 11.8 Å². The fraction of sp³-hybridized carbons (Fsp3) is 0.500.